The molecule has 2 rings (SSSR count). The Morgan fingerprint density at radius 1 is 1.27 bits per heavy atom. The molecule has 1 aromatic rings. The Balaban J connectivity index is 2.20. The fourth-order valence-corrected chi connectivity index (χ4v) is 3.23. The summed E-state index contributed by atoms with van der Waals surface area (Å²) in [5.41, 5.74) is -0.0932. The molecule has 26 heavy (non-hydrogen) atoms. The molecule has 142 valence electrons. The number of likely N-dealkylation sites (tertiary alicyclic amines) is 1. The lowest BCUT2D eigenvalue weighted by atomic mass is 9.87. The van der Waals surface area contributed by atoms with Gasteiger partial charge in [-0.25, -0.2) is 4.39 Å². The van der Waals surface area contributed by atoms with Crippen LogP contribution in [0.1, 0.15) is 62.4 Å². The molecular formula is C20H27FN2O3. The van der Waals surface area contributed by atoms with Crippen molar-refractivity contribution in [2.45, 2.75) is 46.5 Å². The van der Waals surface area contributed by atoms with Crippen LogP contribution in [-0.2, 0) is 9.59 Å². The highest BCUT2D eigenvalue weighted by Gasteiger charge is 2.32. The van der Waals surface area contributed by atoms with Crippen LogP contribution in [0, 0.1) is 11.2 Å². The molecule has 5 nitrogen and oxygen atoms in total. The van der Waals surface area contributed by atoms with E-state index in [2.05, 4.69) is 5.32 Å². The molecule has 0 aromatic heterocycles. The smallest absolute Gasteiger partial charge is 0.254 e. The molecule has 0 saturated carbocycles. The van der Waals surface area contributed by atoms with Crippen molar-refractivity contribution in [1.29, 1.82) is 0 Å². The summed E-state index contributed by atoms with van der Waals surface area (Å²) in [5.74, 6) is -1.45. The molecule has 1 heterocycles. The second kappa shape index (κ2) is 7.98. The number of hydrogen-bond donors (Lipinski definition) is 1. The highest BCUT2D eigenvalue weighted by molar-refractivity contribution is 5.96. The molecule has 0 radical (unpaired) electrons. The van der Waals surface area contributed by atoms with E-state index in [1.54, 1.807) is 17.0 Å². The Kier molecular flexibility index (Phi) is 6.16. The number of benzene rings is 1. The average molecular weight is 362 g/mol. The van der Waals surface area contributed by atoms with Crippen LogP contribution < -0.4 is 5.32 Å². The highest BCUT2D eigenvalue weighted by Crippen LogP contribution is 2.32. The molecule has 1 unspecified atom stereocenters. The van der Waals surface area contributed by atoms with E-state index in [4.69, 9.17) is 0 Å². The summed E-state index contributed by atoms with van der Waals surface area (Å²) in [6.45, 7) is 7.98. The zero-order valence-electron chi connectivity index (χ0n) is 15.9. The maximum absolute atomic E-state index is 14.9. The number of hydrogen-bond acceptors (Lipinski definition) is 3. The number of Topliss-reactive ketones (excluding diaryl/α,β-unsaturated/α-hetero) is 1. The first-order valence-electron chi connectivity index (χ1n) is 8.96. The van der Waals surface area contributed by atoms with Crippen molar-refractivity contribution in [1.82, 2.24) is 10.2 Å². The van der Waals surface area contributed by atoms with Crippen molar-refractivity contribution >= 4 is 17.6 Å². The highest BCUT2D eigenvalue weighted by atomic mass is 19.1. The lowest BCUT2D eigenvalue weighted by Crippen LogP contribution is -2.44. The van der Waals surface area contributed by atoms with Crippen molar-refractivity contribution < 1.29 is 18.8 Å². The largest absolute Gasteiger partial charge is 0.345 e. The molecule has 1 aromatic carbocycles. The van der Waals surface area contributed by atoms with Gasteiger partial charge in [0.25, 0.3) is 5.91 Å². The number of rotatable bonds is 4. The second-order valence-electron chi connectivity index (χ2n) is 7.93. The number of ketones is 1. The molecule has 0 bridgehead atoms. The maximum atomic E-state index is 14.9. The molecule has 2 amide bonds. The average Bonchev–Trinajstić information content (AvgIpc) is 2.58. The van der Waals surface area contributed by atoms with Gasteiger partial charge in [-0.3, -0.25) is 14.4 Å². The molecule has 1 aliphatic rings. The fourth-order valence-electron chi connectivity index (χ4n) is 3.23. The van der Waals surface area contributed by atoms with E-state index >= 15 is 0 Å². The van der Waals surface area contributed by atoms with Crippen LogP contribution in [0.3, 0.4) is 0 Å². The summed E-state index contributed by atoms with van der Waals surface area (Å²) >= 11 is 0. The van der Waals surface area contributed by atoms with E-state index in [1.165, 1.54) is 13.0 Å². The van der Waals surface area contributed by atoms with Gasteiger partial charge in [0.2, 0.25) is 5.91 Å². The van der Waals surface area contributed by atoms with E-state index in [1.807, 2.05) is 20.8 Å². The van der Waals surface area contributed by atoms with Crippen LogP contribution in [0.25, 0.3) is 0 Å². The summed E-state index contributed by atoms with van der Waals surface area (Å²) in [4.78, 5) is 37.5. The van der Waals surface area contributed by atoms with Gasteiger partial charge in [-0.05, 0) is 31.4 Å². The van der Waals surface area contributed by atoms with E-state index in [9.17, 15) is 18.8 Å². The molecule has 1 saturated heterocycles. The third-order valence-electron chi connectivity index (χ3n) is 4.56. The zero-order valence-corrected chi connectivity index (χ0v) is 15.9. The first-order chi connectivity index (χ1) is 12.1. The number of halogens is 1. The fraction of sp³-hybridized carbons (Fsp3) is 0.550. The van der Waals surface area contributed by atoms with Crippen LogP contribution in [0.2, 0.25) is 0 Å². The predicted molar refractivity (Wildman–Crippen MR) is 97.4 cm³/mol. The van der Waals surface area contributed by atoms with Crippen molar-refractivity contribution in [3.8, 4) is 0 Å². The summed E-state index contributed by atoms with van der Waals surface area (Å²) in [6.07, 6.45) is 1.57. The topological polar surface area (TPSA) is 66.5 Å². The lowest BCUT2D eigenvalue weighted by Gasteiger charge is -2.36. The second-order valence-corrected chi connectivity index (χ2v) is 7.93. The van der Waals surface area contributed by atoms with Gasteiger partial charge in [0, 0.05) is 24.4 Å². The number of nitrogens with zero attached hydrogens (tertiary/aromatic N) is 1. The minimum Gasteiger partial charge on any atom is -0.345 e. The summed E-state index contributed by atoms with van der Waals surface area (Å²) < 4.78 is 14.9. The maximum Gasteiger partial charge on any atom is 0.254 e. The van der Waals surface area contributed by atoms with E-state index in [0.717, 1.165) is 12.8 Å². The van der Waals surface area contributed by atoms with E-state index in [0.29, 0.717) is 18.7 Å². The van der Waals surface area contributed by atoms with Gasteiger partial charge in [0.1, 0.15) is 11.6 Å². The Hall–Kier alpha value is -2.24. The van der Waals surface area contributed by atoms with Gasteiger partial charge in [-0.2, -0.15) is 0 Å². The van der Waals surface area contributed by atoms with Crippen molar-refractivity contribution in [2.75, 3.05) is 19.6 Å². The van der Waals surface area contributed by atoms with Crippen LogP contribution in [0.5, 0.6) is 0 Å². The molecular weight excluding hydrogens is 335 g/mol. The Morgan fingerprint density at radius 3 is 2.58 bits per heavy atom. The number of carbonyl (C=O) groups excluding carboxylic acids is 3. The predicted octanol–water partition coefficient (Wildman–Crippen LogP) is 2.90. The number of nitrogens with one attached hydrogen (secondary N) is 1. The van der Waals surface area contributed by atoms with Gasteiger partial charge in [-0.1, -0.05) is 32.9 Å². The number of carbonyl (C=O) groups is 3. The van der Waals surface area contributed by atoms with Crippen LogP contribution >= 0.6 is 0 Å². The van der Waals surface area contributed by atoms with Crippen LogP contribution in [-0.4, -0.2) is 42.1 Å². The molecule has 1 atom stereocenters. The van der Waals surface area contributed by atoms with Crippen LogP contribution in [0.15, 0.2) is 18.2 Å². The first kappa shape index (κ1) is 20.1. The van der Waals surface area contributed by atoms with Crippen molar-refractivity contribution in [2.24, 2.45) is 5.41 Å². The number of piperidine rings is 1. The Bertz CT molecular complexity index is 709. The third kappa shape index (κ3) is 4.68. The molecule has 1 N–H and O–H groups in total. The van der Waals surface area contributed by atoms with Gasteiger partial charge in [-0.15, -0.1) is 0 Å². The molecule has 1 aliphatic heterocycles. The van der Waals surface area contributed by atoms with E-state index in [-0.39, 0.29) is 29.7 Å². The summed E-state index contributed by atoms with van der Waals surface area (Å²) in [7, 11) is 0. The minimum absolute atomic E-state index is 0.0537. The first-order valence-corrected chi connectivity index (χ1v) is 8.96. The van der Waals surface area contributed by atoms with Crippen molar-refractivity contribution in [3.63, 3.8) is 0 Å². The van der Waals surface area contributed by atoms with Crippen molar-refractivity contribution in [3.05, 3.63) is 35.1 Å². The molecule has 0 spiro atoms. The van der Waals surface area contributed by atoms with Gasteiger partial charge < -0.3 is 10.2 Å². The molecule has 0 aliphatic carbocycles. The van der Waals surface area contributed by atoms with Gasteiger partial charge in [0.15, 0.2) is 0 Å². The zero-order chi connectivity index (χ0) is 19.5. The number of amides is 2. The molecule has 1 fully saturated rings. The minimum atomic E-state index is -0.599. The lowest BCUT2D eigenvalue weighted by molar-refractivity contribution is -0.140. The summed E-state index contributed by atoms with van der Waals surface area (Å²) in [5, 5.41) is 2.42. The standard InChI is InChI=1S/C20H27FN2O3/c1-13(24)11-22-18(25)16-9-5-8-15(17(16)21)14-7-6-10-23(12-14)19(26)20(2,3)4/h5,8-9,14H,6-7,10-12H2,1-4H3,(H,22,25). The molecule has 6 heteroatoms. The Labute approximate surface area is 153 Å². The van der Waals surface area contributed by atoms with Crippen LogP contribution in [0.4, 0.5) is 4.39 Å². The monoisotopic (exact) mass is 362 g/mol. The summed E-state index contributed by atoms with van der Waals surface area (Å²) in [6, 6.07) is 4.73. The van der Waals surface area contributed by atoms with E-state index < -0.39 is 17.1 Å². The van der Waals surface area contributed by atoms with Gasteiger partial charge >= 0.3 is 0 Å². The normalized spacial score (nSPS) is 17.7. The Morgan fingerprint density at radius 2 is 1.96 bits per heavy atom. The third-order valence-corrected chi connectivity index (χ3v) is 4.56. The quantitative estimate of drug-likeness (QED) is 0.896. The SMILES string of the molecule is CC(=O)CNC(=O)c1cccc(C2CCCN(C(=O)C(C)(C)C)C2)c1F. The van der Waals surface area contributed by atoms with Gasteiger partial charge in [0.05, 0.1) is 12.1 Å².